The van der Waals surface area contributed by atoms with Crippen molar-refractivity contribution in [2.45, 2.75) is 63.8 Å². The van der Waals surface area contributed by atoms with Crippen LogP contribution in [0, 0.1) is 0 Å². The third kappa shape index (κ3) is 3.09. The fourth-order valence-electron chi connectivity index (χ4n) is 3.26. The predicted molar refractivity (Wildman–Crippen MR) is 97.1 cm³/mol. The van der Waals surface area contributed by atoms with E-state index in [0.29, 0.717) is 5.92 Å². The summed E-state index contributed by atoms with van der Waals surface area (Å²) in [5, 5.41) is 0. The second-order valence-corrected chi connectivity index (χ2v) is 8.04. The van der Waals surface area contributed by atoms with Crippen molar-refractivity contribution in [2.75, 3.05) is 0 Å². The fourth-order valence-corrected chi connectivity index (χ4v) is 3.26. The summed E-state index contributed by atoms with van der Waals surface area (Å²) in [7, 11) is -0.328. The van der Waals surface area contributed by atoms with Crippen molar-refractivity contribution in [1.82, 2.24) is 9.97 Å². The van der Waals surface area contributed by atoms with E-state index in [0.717, 1.165) is 29.9 Å². The van der Waals surface area contributed by atoms with Crippen molar-refractivity contribution >= 4 is 12.6 Å². The molecule has 0 spiro atoms. The van der Waals surface area contributed by atoms with Gasteiger partial charge >= 0.3 is 7.12 Å². The minimum absolute atomic E-state index is 0.262. The van der Waals surface area contributed by atoms with E-state index in [1.165, 1.54) is 0 Å². The molecule has 1 saturated carbocycles. The van der Waals surface area contributed by atoms with Crippen LogP contribution in [0.4, 0.5) is 0 Å². The highest BCUT2D eigenvalue weighted by Crippen LogP contribution is 2.38. The number of hydrogen-bond donors (Lipinski definition) is 1. The maximum absolute atomic E-state index is 6.09. The van der Waals surface area contributed by atoms with Gasteiger partial charge in [0.25, 0.3) is 0 Å². The van der Waals surface area contributed by atoms with Gasteiger partial charge < -0.3 is 19.0 Å². The molecule has 1 aliphatic heterocycles. The number of aromatic nitrogens is 2. The molecule has 2 aliphatic rings. The first kappa shape index (κ1) is 16.7. The number of nitrogens with zero attached hydrogens (tertiary/aromatic N) is 1. The molecule has 0 bridgehead atoms. The zero-order valence-electron chi connectivity index (χ0n) is 15.3. The lowest BCUT2D eigenvalue weighted by molar-refractivity contribution is 0.00578. The molecular weight excluding hydrogens is 315 g/mol. The van der Waals surface area contributed by atoms with Crippen molar-refractivity contribution in [3.05, 3.63) is 42.5 Å². The minimum atomic E-state index is -0.328. The van der Waals surface area contributed by atoms with Crippen LogP contribution in [-0.2, 0) is 9.31 Å². The number of rotatable bonds is 4. The highest BCUT2D eigenvalue weighted by Gasteiger charge is 2.51. The van der Waals surface area contributed by atoms with E-state index in [-0.39, 0.29) is 24.4 Å². The van der Waals surface area contributed by atoms with Gasteiger partial charge in [-0.3, -0.25) is 0 Å². The Morgan fingerprint density at radius 1 is 1.08 bits per heavy atom. The minimum Gasteiger partial charge on any atom is -0.490 e. The van der Waals surface area contributed by atoms with E-state index >= 15 is 0 Å². The molecule has 2 aromatic rings. The van der Waals surface area contributed by atoms with Crippen LogP contribution in [-0.4, -0.2) is 34.4 Å². The Hall–Kier alpha value is -1.79. The Bertz CT molecular complexity index is 706. The Morgan fingerprint density at radius 2 is 1.72 bits per heavy atom. The molecule has 25 heavy (non-hydrogen) atoms. The summed E-state index contributed by atoms with van der Waals surface area (Å²) in [6.07, 6.45) is 5.95. The molecule has 0 radical (unpaired) electrons. The Kier molecular flexibility index (Phi) is 3.92. The van der Waals surface area contributed by atoms with Crippen LogP contribution in [0.3, 0.4) is 0 Å². The fraction of sp³-hybridized carbons (Fsp3) is 0.526. The van der Waals surface area contributed by atoms with Crippen molar-refractivity contribution in [1.29, 1.82) is 0 Å². The SMILES string of the molecule is CC1(C)OB(c2ccc(OC3CC(c4ncc[nH]4)C3)cc2)OC1(C)C. The quantitative estimate of drug-likeness (QED) is 0.870. The van der Waals surface area contributed by atoms with Gasteiger partial charge in [0.15, 0.2) is 0 Å². The highest BCUT2D eigenvalue weighted by atomic mass is 16.7. The number of nitrogens with one attached hydrogen (secondary N) is 1. The van der Waals surface area contributed by atoms with Crippen LogP contribution < -0.4 is 10.2 Å². The standard InChI is InChI=1S/C19H25BN2O3/c1-18(2)19(3,4)25-20(24-18)14-5-7-15(8-6-14)23-16-11-13(12-16)17-21-9-10-22-17/h5-10,13,16H,11-12H2,1-4H3,(H,21,22). The van der Waals surface area contributed by atoms with Crippen LogP contribution in [0.5, 0.6) is 5.75 Å². The van der Waals surface area contributed by atoms with Gasteiger partial charge in [0.05, 0.1) is 11.2 Å². The number of hydrogen-bond acceptors (Lipinski definition) is 4. The first-order valence-electron chi connectivity index (χ1n) is 8.96. The number of ether oxygens (including phenoxy) is 1. The first-order chi connectivity index (χ1) is 11.8. The van der Waals surface area contributed by atoms with E-state index in [4.69, 9.17) is 14.0 Å². The predicted octanol–water partition coefficient (Wildman–Crippen LogP) is 3.03. The number of benzene rings is 1. The number of aromatic amines is 1. The molecule has 6 heteroatoms. The lowest BCUT2D eigenvalue weighted by Crippen LogP contribution is -2.41. The molecule has 1 aliphatic carbocycles. The van der Waals surface area contributed by atoms with Gasteiger partial charge in [0.1, 0.15) is 17.7 Å². The molecule has 0 atom stereocenters. The zero-order valence-corrected chi connectivity index (χ0v) is 15.3. The average Bonchev–Trinajstić information content (AvgIpc) is 3.10. The number of imidazole rings is 1. The molecule has 0 amide bonds. The number of H-pyrrole nitrogens is 1. The molecule has 5 nitrogen and oxygen atoms in total. The Morgan fingerprint density at radius 3 is 2.28 bits per heavy atom. The van der Waals surface area contributed by atoms with E-state index in [1.807, 2.05) is 30.5 Å². The average molecular weight is 340 g/mol. The third-order valence-electron chi connectivity index (χ3n) is 5.71. The van der Waals surface area contributed by atoms with E-state index < -0.39 is 0 Å². The highest BCUT2D eigenvalue weighted by molar-refractivity contribution is 6.62. The second kappa shape index (κ2) is 5.89. The van der Waals surface area contributed by atoms with Crippen molar-refractivity contribution < 1.29 is 14.0 Å². The monoisotopic (exact) mass is 340 g/mol. The molecule has 132 valence electrons. The second-order valence-electron chi connectivity index (χ2n) is 8.04. The molecule has 2 heterocycles. The molecule has 2 fully saturated rings. The molecule has 1 saturated heterocycles. The lowest BCUT2D eigenvalue weighted by Gasteiger charge is -2.34. The molecule has 1 N–H and O–H groups in total. The largest absolute Gasteiger partial charge is 0.494 e. The molecule has 1 aromatic carbocycles. The van der Waals surface area contributed by atoms with Crippen LogP contribution in [0.2, 0.25) is 0 Å². The topological polar surface area (TPSA) is 56.4 Å². The maximum atomic E-state index is 6.09. The van der Waals surface area contributed by atoms with Crippen LogP contribution in [0.15, 0.2) is 36.7 Å². The van der Waals surface area contributed by atoms with Crippen LogP contribution in [0.1, 0.15) is 52.3 Å². The molecule has 0 unspecified atom stereocenters. The van der Waals surface area contributed by atoms with Gasteiger partial charge in [-0.15, -0.1) is 0 Å². The van der Waals surface area contributed by atoms with Crippen LogP contribution in [0.25, 0.3) is 0 Å². The Labute approximate surface area is 149 Å². The summed E-state index contributed by atoms with van der Waals surface area (Å²) in [5.41, 5.74) is 0.382. The summed E-state index contributed by atoms with van der Waals surface area (Å²) >= 11 is 0. The summed E-state index contributed by atoms with van der Waals surface area (Å²) in [4.78, 5) is 7.50. The maximum Gasteiger partial charge on any atom is 0.494 e. The molecular formula is C19H25BN2O3. The normalized spacial score (nSPS) is 27.1. The van der Waals surface area contributed by atoms with E-state index in [1.54, 1.807) is 6.20 Å². The lowest BCUT2D eigenvalue weighted by atomic mass is 9.79. The van der Waals surface area contributed by atoms with E-state index in [9.17, 15) is 0 Å². The van der Waals surface area contributed by atoms with Crippen molar-refractivity contribution in [3.63, 3.8) is 0 Å². The van der Waals surface area contributed by atoms with Crippen molar-refractivity contribution in [3.8, 4) is 5.75 Å². The van der Waals surface area contributed by atoms with Gasteiger partial charge in [-0.1, -0.05) is 12.1 Å². The molecule has 4 rings (SSSR count). The van der Waals surface area contributed by atoms with Crippen molar-refractivity contribution in [2.24, 2.45) is 0 Å². The first-order valence-corrected chi connectivity index (χ1v) is 8.96. The summed E-state index contributed by atoms with van der Waals surface area (Å²) in [6.45, 7) is 8.26. The van der Waals surface area contributed by atoms with Gasteiger partial charge in [0, 0.05) is 18.3 Å². The van der Waals surface area contributed by atoms with Gasteiger partial charge in [-0.2, -0.15) is 0 Å². The summed E-state index contributed by atoms with van der Waals surface area (Å²) in [6, 6.07) is 8.06. The van der Waals surface area contributed by atoms with Gasteiger partial charge in [0.2, 0.25) is 0 Å². The van der Waals surface area contributed by atoms with Crippen LogP contribution >= 0.6 is 0 Å². The Balaban J connectivity index is 1.34. The van der Waals surface area contributed by atoms with Gasteiger partial charge in [-0.25, -0.2) is 4.98 Å². The molecule has 1 aromatic heterocycles. The van der Waals surface area contributed by atoms with E-state index in [2.05, 4.69) is 37.7 Å². The zero-order chi connectivity index (χ0) is 17.7. The van der Waals surface area contributed by atoms with Gasteiger partial charge in [-0.05, 0) is 58.1 Å². The summed E-state index contributed by atoms with van der Waals surface area (Å²) in [5.74, 6) is 2.45. The summed E-state index contributed by atoms with van der Waals surface area (Å²) < 4.78 is 18.2. The smallest absolute Gasteiger partial charge is 0.490 e. The third-order valence-corrected chi connectivity index (χ3v) is 5.71.